The van der Waals surface area contributed by atoms with Crippen LogP contribution in [0.2, 0.25) is 5.02 Å². The summed E-state index contributed by atoms with van der Waals surface area (Å²) in [5.41, 5.74) is -0.657. The highest BCUT2D eigenvalue weighted by molar-refractivity contribution is 6.30. The fourth-order valence-corrected chi connectivity index (χ4v) is 3.36. The normalized spacial score (nSPS) is 11.8. The van der Waals surface area contributed by atoms with Crippen LogP contribution in [0.5, 0.6) is 0 Å². The standard InChI is InChI=1S/C22H14ClF4N3O/c1-12-2-8-17(20(24)28-12)19-18-10-14(22(25,26)27)5-9-16(18)21(31)30(29-19)11-13-3-6-15(23)7-4-13/h2-10H,11H2,1H3. The predicted molar refractivity (Wildman–Crippen MR) is 109 cm³/mol. The van der Waals surface area contributed by atoms with E-state index in [2.05, 4.69) is 10.1 Å². The zero-order valence-electron chi connectivity index (χ0n) is 16.0. The zero-order valence-corrected chi connectivity index (χ0v) is 16.8. The Bertz CT molecular complexity index is 1350. The summed E-state index contributed by atoms with van der Waals surface area (Å²) in [5.74, 6) is -0.886. The van der Waals surface area contributed by atoms with Crippen LogP contribution in [-0.2, 0) is 12.7 Å². The summed E-state index contributed by atoms with van der Waals surface area (Å²) in [4.78, 5) is 16.7. The van der Waals surface area contributed by atoms with Gasteiger partial charge in [0.2, 0.25) is 5.95 Å². The van der Waals surface area contributed by atoms with E-state index in [-0.39, 0.29) is 28.6 Å². The van der Waals surface area contributed by atoms with E-state index in [1.165, 1.54) is 12.1 Å². The summed E-state index contributed by atoms with van der Waals surface area (Å²) in [6.45, 7) is 1.61. The molecule has 2 heterocycles. The third kappa shape index (κ3) is 4.16. The van der Waals surface area contributed by atoms with Crippen molar-refractivity contribution in [3.05, 3.63) is 92.7 Å². The average molecular weight is 448 g/mol. The predicted octanol–water partition coefficient (Wildman–Crippen LogP) is 5.63. The smallest absolute Gasteiger partial charge is 0.267 e. The average Bonchev–Trinajstić information content (AvgIpc) is 2.71. The molecule has 0 saturated carbocycles. The molecule has 2 aromatic carbocycles. The number of benzene rings is 2. The van der Waals surface area contributed by atoms with Crippen molar-refractivity contribution in [1.82, 2.24) is 14.8 Å². The fraction of sp³-hybridized carbons (Fsp3) is 0.136. The van der Waals surface area contributed by atoms with E-state index < -0.39 is 23.2 Å². The molecule has 158 valence electrons. The van der Waals surface area contributed by atoms with Gasteiger partial charge in [-0.25, -0.2) is 9.67 Å². The molecule has 4 rings (SSSR count). The van der Waals surface area contributed by atoms with Gasteiger partial charge in [-0.3, -0.25) is 4.79 Å². The molecule has 0 fully saturated rings. The molecule has 9 heteroatoms. The molecule has 0 spiro atoms. The maximum Gasteiger partial charge on any atom is 0.416 e. The van der Waals surface area contributed by atoms with E-state index in [0.29, 0.717) is 16.3 Å². The number of nitrogens with zero attached hydrogens (tertiary/aromatic N) is 3. The van der Waals surface area contributed by atoms with Gasteiger partial charge >= 0.3 is 6.18 Å². The quantitative estimate of drug-likeness (QED) is 0.302. The summed E-state index contributed by atoms with van der Waals surface area (Å²) >= 11 is 5.89. The molecule has 0 N–H and O–H groups in total. The van der Waals surface area contributed by atoms with Crippen LogP contribution >= 0.6 is 11.6 Å². The van der Waals surface area contributed by atoms with E-state index in [0.717, 1.165) is 22.9 Å². The first-order valence-electron chi connectivity index (χ1n) is 9.13. The minimum absolute atomic E-state index is 0.00746. The van der Waals surface area contributed by atoms with Gasteiger partial charge in [-0.05, 0) is 55.0 Å². The summed E-state index contributed by atoms with van der Waals surface area (Å²) in [5, 5.41) is 4.63. The molecule has 0 bridgehead atoms. The van der Waals surface area contributed by atoms with Crippen molar-refractivity contribution >= 4 is 22.4 Å². The second kappa shape index (κ2) is 7.77. The first kappa shape index (κ1) is 21.0. The number of alkyl halides is 3. The van der Waals surface area contributed by atoms with Crippen LogP contribution in [-0.4, -0.2) is 14.8 Å². The van der Waals surface area contributed by atoms with Crippen molar-refractivity contribution in [2.45, 2.75) is 19.6 Å². The number of halogens is 5. The molecule has 0 unspecified atom stereocenters. The molecule has 31 heavy (non-hydrogen) atoms. The van der Waals surface area contributed by atoms with Crippen LogP contribution in [0.15, 0.2) is 59.4 Å². The molecule has 0 radical (unpaired) electrons. The number of rotatable bonds is 3. The monoisotopic (exact) mass is 447 g/mol. The molecule has 2 aromatic heterocycles. The molecule has 0 aliphatic carbocycles. The van der Waals surface area contributed by atoms with E-state index in [9.17, 15) is 22.4 Å². The molecule has 0 aliphatic rings. The van der Waals surface area contributed by atoms with Crippen molar-refractivity contribution in [3.8, 4) is 11.3 Å². The van der Waals surface area contributed by atoms with E-state index >= 15 is 0 Å². The molecule has 0 amide bonds. The number of pyridine rings is 1. The van der Waals surface area contributed by atoms with E-state index in [4.69, 9.17) is 11.6 Å². The summed E-state index contributed by atoms with van der Waals surface area (Å²) < 4.78 is 55.6. The third-order valence-corrected chi connectivity index (χ3v) is 5.03. The Morgan fingerprint density at radius 2 is 1.71 bits per heavy atom. The molecular weight excluding hydrogens is 434 g/mol. The van der Waals surface area contributed by atoms with E-state index in [1.54, 1.807) is 31.2 Å². The molecule has 0 saturated heterocycles. The summed E-state index contributed by atoms with van der Waals surface area (Å²) in [6.07, 6.45) is -4.63. The lowest BCUT2D eigenvalue weighted by atomic mass is 10.0. The van der Waals surface area contributed by atoms with Crippen molar-refractivity contribution in [2.24, 2.45) is 0 Å². The second-order valence-corrected chi connectivity index (χ2v) is 7.42. The van der Waals surface area contributed by atoms with E-state index in [1.807, 2.05) is 0 Å². The zero-order chi connectivity index (χ0) is 22.3. The maximum atomic E-state index is 14.6. The molecular formula is C22H14ClF4N3O. The van der Waals surface area contributed by atoms with Crippen LogP contribution in [0.4, 0.5) is 17.6 Å². The maximum absolute atomic E-state index is 14.6. The number of aromatic nitrogens is 3. The van der Waals surface area contributed by atoms with Crippen LogP contribution in [0.25, 0.3) is 22.0 Å². The molecule has 4 aromatic rings. The van der Waals surface area contributed by atoms with Crippen molar-refractivity contribution in [3.63, 3.8) is 0 Å². The summed E-state index contributed by atoms with van der Waals surface area (Å²) in [6, 6.07) is 12.3. The van der Waals surface area contributed by atoms with Gasteiger partial charge < -0.3 is 0 Å². The molecule has 0 atom stereocenters. The highest BCUT2D eigenvalue weighted by Crippen LogP contribution is 2.34. The minimum atomic E-state index is -4.63. The molecule has 0 aliphatic heterocycles. The van der Waals surface area contributed by atoms with Gasteiger partial charge in [-0.15, -0.1) is 0 Å². The van der Waals surface area contributed by atoms with Gasteiger partial charge in [0.05, 0.1) is 23.1 Å². The van der Waals surface area contributed by atoms with Gasteiger partial charge in [-0.1, -0.05) is 23.7 Å². The Balaban J connectivity index is 1.99. The van der Waals surface area contributed by atoms with Gasteiger partial charge in [0, 0.05) is 16.1 Å². The number of hydrogen-bond donors (Lipinski definition) is 0. The first-order valence-corrected chi connectivity index (χ1v) is 9.51. The Hall–Kier alpha value is -3.26. The van der Waals surface area contributed by atoms with Gasteiger partial charge in [-0.2, -0.15) is 22.7 Å². The Morgan fingerprint density at radius 3 is 2.35 bits per heavy atom. The Kier molecular flexibility index (Phi) is 5.26. The third-order valence-electron chi connectivity index (χ3n) is 4.78. The minimum Gasteiger partial charge on any atom is -0.267 e. The SMILES string of the molecule is Cc1ccc(-c2nn(Cc3ccc(Cl)cc3)c(=O)c3ccc(C(F)(F)F)cc23)c(F)n1. The lowest BCUT2D eigenvalue weighted by molar-refractivity contribution is -0.137. The lowest BCUT2D eigenvalue weighted by Gasteiger charge is -2.14. The number of hydrogen-bond acceptors (Lipinski definition) is 3. The highest BCUT2D eigenvalue weighted by atomic mass is 35.5. The largest absolute Gasteiger partial charge is 0.416 e. The van der Waals surface area contributed by atoms with Crippen LogP contribution in [0.3, 0.4) is 0 Å². The van der Waals surface area contributed by atoms with Gasteiger partial charge in [0.15, 0.2) is 0 Å². The van der Waals surface area contributed by atoms with Crippen LogP contribution < -0.4 is 5.56 Å². The highest BCUT2D eigenvalue weighted by Gasteiger charge is 2.31. The van der Waals surface area contributed by atoms with Crippen LogP contribution in [0.1, 0.15) is 16.8 Å². The summed E-state index contributed by atoms with van der Waals surface area (Å²) in [7, 11) is 0. The fourth-order valence-electron chi connectivity index (χ4n) is 3.23. The number of fused-ring (bicyclic) bond motifs is 1. The van der Waals surface area contributed by atoms with Crippen molar-refractivity contribution in [1.29, 1.82) is 0 Å². The topological polar surface area (TPSA) is 47.8 Å². The Morgan fingerprint density at radius 1 is 1.00 bits per heavy atom. The van der Waals surface area contributed by atoms with Gasteiger partial charge in [0.1, 0.15) is 5.69 Å². The van der Waals surface area contributed by atoms with Crippen molar-refractivity contribution < 1.29 is 17.6 Å². The van der Waals surface area contributed by atoms with Crippen molar-refractivity contribution in [2.75, 3.05) is 0 Å². The first-order chi connectivity index (χ1) is 14.6. The van der Waals surface area contributed by atoms with Gasteiger partial charge in [0.25, 0.3) is 5.56 Å². The Labute approximate surface area is 178 Å². The number of aryl methyl sites for hydroxylation is 1. The second-order valence-electron chi connectivity index (χ2n) is 6.99. The lowest BCUT2D eigenvalue weighted by Crippen LogP contribution is -2.25. The molecule has 4 nitrogen and oxygen atoms in total. The van der Waals surface area contributed by atoms with Crippen LogP contribution in [0, 0.1) is 12.9 Å².